The van der Waals surface area contributed by atoms with Crippen molar-refractivity contribution in [2.45, 2.75) is 38.7 Å². The van der Waals surface area contributed by atoms with Gasteiger partial charge in [0.2, 0.25) is 0 Å². The zero-order valence-corrected chi connectivity index (χ0v) is 16.7. The standard InChI is InChI=1S/C23H21ClN2O2/c1-15-12-20(24)26-18-10-11-23(2,22(27)21(15)18)19-9-8-17(13-25-19)28-14-16-6-4-3-5-7-16/h3-9,12-13H,10-11,14H2,1-2H3. The normalized spacial score (nSPS) is 18.6. The molecule has 4 nitrogen and oxygen atoms in total. The summed E-state index contributed by atoms with van der Waals surface area (Å²) >= 11 is 6.06. The minimum Gasteiger partial charge on any atom is -0.487 e. The van der Waals surface area contributed by atoms with Gasteiger partial charge < -0.3 is 4.74 Å². The van der Waals surface area contributed by atoms with Gasteiger partial charge >= 0.3 is 0 Å². The molecule has 2 aromatic heterocycles. The second-order valence-electron chi connectivity index (χ2n) is 7.40. The summed E-state index contributed by atoms with van der Waals surface area (Å²) in [5.74, 6) is 0.741. The third-order valence-corrected chi connectivity index (χ3v) is 5.59. The van der Waals surface area contributed by atoms with Crippen LogP contribution in [0.3, 0.4) is 0 Å². The SMILES string of the molecule is Cc1cc(Cl)nc2c1C(=O)C(C)(c1ccc(OCc3ccccc3)cn1)CC2. The largest absolute Gasteiger partial charge is 0.487 e. The summed E-state index contributed by atoms with van der Waals surface area (Å²) in [5, 5.41) is 0.436. The minimum absolute atomic E-state index is 0.0564. The van der Waals surface area contributed by atoms with Crippen molar-refractivity contribution in [3.63, 3.8) is 0 Å². The summed E-state index contributed by atoms with van der Waals surface area (Å²) in [6.07, 6.45) is 3.05. The first-order chi connectivity index (χ1) is 13.5. The molecule has 2 heterocycles. The number of carbonyl (C=O) groups is 1. The lowest BCUT2D eigenvalue weighted by atomic mass is 9.70. The first kappa shape index (κ1) is 18.6. The fraction of sp³-hybridized carbons (Fsp3) is 0.261. The molecule has 142 valence electrons. The highest BCUT2D eigenvalue weighted by atomic mass is 35.5. The van der Waals surface area contributed by atoms with Gasteiger partial charge in [-0.15, -0.1) is 0 Å². The van der Waals surface area contributed by atoms with Crippen LogP contribution in [-0.4, -0.2) is 15.8 Å². The van der Waals surface area contributed by atoms with E-state index in [4.69, 9.17) is 16.3 Å². The van der Waals surface area contributed by atoms with E-state index in [1.54, 1.807) is 12.3 Å². The zero-order chi connectivity index (χ0) is 19.7. The van der Waals surface area contributed by atoms with Crippen LogP contribution in [0.2, 0.25) is 5.15 Å². The molecule has 1 unspecified atom stereocenters. The number of hydrogen-bond donors (Lipinski definition) is 0. The Balaban J connectivity index is 1.56. The van der Waals surface area contributed by atoms with Crippen LogP contribution in [0.15, 0.2) is 54.7 Å². The predicted molar refractivity (Wildman–Crippen MR) is 109 cm³/mol. The second-order valence-corrected chi connectivity index (χ2v) is 7.79. The Labute approximate surface area is 169 Å². The van der Waals surface area contributed by atoms with Gasteiger partial charge in [0.1, 0.15) is 17.5 Å². The molecule has 0 bridgehead atoms. The number of ether oxygens (including phenoxy) is 1. The van der Waals surface area contributed by atoms with E-state index in [1.165, 1.54) is 0 Å². The molecule has 0 saturated carbocycles. The van der Waals surface area contributed by atoms with Crippen LogP contribution in [0.5, 0.6) is 5.75 Å². The highest BCUT2D eigenvalue weighted by molar-refractivity contribution is 6.29. The highest BCUT2D eigenvalue weighted by Gasteiger charge is 2.42. The fourth-order valence-corrected chi connectivity index (χ4v) is 3.99. The van der Waals surface area contributed by atoms with Crippen LogP contribution in [0, 0.1) is 6.92 Å². The van der Waals surface area contributed by atoms with E-state index in [-0.39, 0.29) is 5.78 Å². The number of ketones is 1. The van der Waals surface area contributed by atoms with Crippen LogP contribution in [-0.2, 0) is 18.4 Å². The number of aromatic nitrogens is 2. The van der Waals surface area contributed by atoms with Gasteiger partial charge in [-0.25, -0.2) is 4.98 Å². The minimum atomic E-state index is -0.675. The fourth-order valence-electron chi connectivity index (χ4n) is 3.72. The van der Waals surface area contributed by atoms with Crippen molar-refractivity contribution in [1.82, 2.24) is 9.97 Å². The summed E-state index contributed by atoms with van der Waals surface area (Å²) in [4.78, 5) is 22.2. The molecule has 0 fully saturated rings. The molecule has 3 aromatic rings. The van der Waals surface area contributed by atoms with E-state index in [1.807, 2.05) is 56.3 Å². The van der Waals surface area contributed by atoms with Gasteiger partial charge in [0.15, 0.2) is 5.78 Å². The van der Waals surface area contributed by atoms with Crippen LogP contribution in [0.1, 0.15) is 46.2 Å². The van der Waals surface area contributed by atoms with Crippen molar-refractivity contribution in [1.29, 1.82) is 0 Å². The van der Waals surface area contributed by atoms with E-state index < -0.39 is 5.41 Å². The van der Waals surface area contributed by atoms with E-state index >= 15 is 0 Å². The molecular weight excluding hydrogens is 372 g/mol. The van der Waals surface area contributed by atoms with Crippen molar-refractivity contribution < 1.29 is 9.53 Å². The van der Waals surface area contributed by atoms with Crippen LogP contribution in [0.25, 0.3) is 0 Å². The molecule has 0 aliphatic heterocycles. The molecule has 0 spiro atoms. The lowest BCUT2D eigenvalue weighted by Crippen LogP contribution is -2.39. The number of halogens is 1. The average Bonchev–Trinajstić information content (AvgIpc) is 2.70. The smallest absolute Gasteiger partial charge is 0.176 e. The molecule has 1 aromatic carbocycles. The monoisotopic (exact) mass is 392 g/mol. The van der Waals surface area contributed by atoms with Crippen LogP contribution < -0.4 is 4.74 Å². The van der Waals surface area contributed by atoms with E-state index in [9.17, 15) is 4.79 Å². The van der Waals surface area contributed by atoms with Gasteiger partial charge in [-0.3, -0.25) is 9.78 Å². The van der Waals surface area contributed by atoms with Crippen LogP contribution >= 0.6 is 11.6 Å². The Morgan fingerprint density at radius 1 is 1.18 bits per heavy atom. The molecule has 5 heteroatoms. The molecule has 1 atom stereocenters. The van der Waals surface area contributed by atoms with Gasteiger partial charge in [0.25, 0.3) is 0 Å². The summed E-state index contributed by atoms with van der Waals surface area (Å²) in [5.41, 5.74) is 3.52. The summed E-state index contributed by atoms with van der Waals surface area (Å²) in [6, 6.07) is 15.5. The Kier molecular flexibility index (Phi) is 4.90. The summed E-state index contributed by atoms with van der Waals surface area (Å²) in [7, 11) is 0. The molecule has 4 rings (SSSR count). The maximum atomic E-state index is 13.3. The predicted octanol–water partition coefficient (Wildman–Crippen LogP) is 5.10. The van der Waals surface area contributed by atoms with Crippen molar-refractivity contribution >= 4 is 17.4 Å². The van der Waals surface area contributed by atoms with Gasteiger partial charge in [0, 0.05) is 5.56 Å². The number of fused-ring (bicyclic) bond motifs is 1. The van der Waals surface area contributed by atoms with Crippen molar-refractivity contribution in [3.8, 4) is 5.75 Å². The third kappa shape index (κ3) is 3.40. The topological polar surface area (TPSA) is 52.1 Å². The summed E-state index contributed by atoms with van der Waals surface area (Å²) in [6.45, 7) is 4.35. The van der Waals surface area contributed by atoms with Crippen LogP contribution in [0.4, 0.5) is 0 Å². The summed E-state index contributed by atoms with van der Waals surface area (Å²) < 4.78 is 5.81. The maximum absolute atomic E-state index is 13.3. The number of aryl methyl sites for hydroxylation is 2. The van der Waals surface area contributed by atoms with Gasteiger partial charge in [-0.2, -0.15) is 0 Å². The number of Topliss-reactive ketones (excluding diaryl/α,β-unsaturated/α-hetero) is 1. The van der Waals surface area contributed by atoms with Gasteiger partial charge in [0.05, 0.1) is 23.0 Å². The first-order valence-corrected chi connectivity index (χ1v) is 9.69. The van der Waals surface area contributed by atoms with Gasteiger partial charge in [-0.1, -0.05) is 41.9 Å². The molecule has 0 amide bonds. The number of pyridine rings is 2. The molecule has 0 radical (unpaired) electrons. The van der Waals surface area contributed by atoms with E-state index in [2.05, 4.69) is 9.97 Å². The Morgan fingerprint density at radius 3 is 2.68 bits per heavy atom. The number of nitrogens with zero attached hydrogens (tertiary/aromatic N) is 2. The molecule has 0 N–H and O–H groups in total. The quantitative estimate of drug-likeness (QED) is 0.579. The van der Waals surface area contributed by atoms with E-state index in [0.717, 1.165) is 22.5 Å². The molecule has 28 heavy (non-hydrogen) atoms. The number of hydrogen-bond acceptors (Lipinski definition) is 4. The lowest BCUT2D eigenvalue weighted by Gasteiger charge is -2.33. The second kappa shape index (κ2) is 7.36. The molecule has 1 aliphatic rings. The van der Waals surface area contributed by atoms with Crippen molar-refractivity contribution in [2.24, 2.45) is 0 Å². The zero-order valence-electron chi connectivity index (χ0n) is 15.9. The van der Waals surface area contributed by atoms with E-state index in [0.29, 0.717) is 35.9 Å². The number of carbonyl (C=O) groups excluding carboxylic acids is 1. The number of benzene rings is 1. The lowest BCUT2D eigenvalue weighted by molar-refractivity contribution is 0.0869. The molecular formula is C23H21ClN2O2. The molecule has 0 saturated heterocycles. The van der Waals surface area contributed by atoms with Crippen molar-refractivity contribution in [2.75, 3.05) is 0 Å². The van der Waals surface area contributed by atoms with Gasteiger partial charge in [-0.05, 0) is 56.0 Å². The Bertz CT molecular complexity index is 1020. The maximum Gasteiger partial charge on any atom is 0.176 e. The Hall–Kier alpha value is -2.72. The first-order valence-electron chi connectivity index (χ1n) is 9.31. The highest BCUT2D eigenvalue weighted by Crippen LogP contribution is 2.38. The van der Waals surface area contributed by atoms with Crippen molar-refractivity contribution in [3.05, 3.63) is 88.0 Å². The average molecular weight is 393 g/mol. The third-order valence-electron chi connectivity index (χ3n) is 5.40. The Morgan fingerprint density at radius 2 is 1.96 bits per heavy atom. The number of rotatable bonds is 4. The molecule has 1 aliphatic carbocycles.